The van der Waals surface area contributed by atoms with Crippen molar-refractivity contribution in [3.8, 4) is 0 Å². The van der Waals surface area contributed by atoms with E-state index in [4.69, 9.17) is 23.2 Å². The number of amides is 1. The van der Waals surface area contributed by atoms with Crippen molar-refractivity contribution in [2.24, 2.45) is 0 Å². The summed E-state index contributed by atoms with van der Waals surface area (Å²) in [5.41, 5.74) is 3.86. The molecule has 0 heterocycles. The molecule has 1 amide bonds. The second-order valence-electron chi connectivity index (χ2n) is 4.92. The maximum Gasteiger partial charge on any atom is 0.255 e. The molecule has 0 fully saturated rings. The Balaban J connectivity index is 1.82. The Morgan fingerprint density at radius 3 is 2.60 bits per heavy atom. The van der Waals surface area contributed by atoms with Crippen LogP contribution in [0.15, 0.2) is 36.4 Å². The van der Waals surface area contributed by atoms with E-state index in [9.17, 15) is 4.79 Å². The first-order valence-corrected chi connectivity index (χ1v) is 7.27. The molecule has 0 atom stereocenters. The van der Waals surface area contributed by atoms with Crippen LogP contribution in [0, 0.1) is 0 Å². The molecule has 0 radical (unpaired) electrons. The van der Waals surface area contributed by atoms with E-state index in [1.54, 1.807) is 18.2 Å². The second kappa shape index (κ2) is 5.47. The molecule has 2 nitrogen and oxygen atoms in total. The summed E-state index contributed by atoms with van der Waals surface area (Å²) in [6.07, 6.45) is 3.34. The molecule has 102 valence electrons. The fourth-order valence-corrected chi connectivity index (χ4v) is 2.95. The quantitative estimate of drug-likeness (QED) is 0.853. The lowest BCUT2D eigenvalue weighted by molar-refractivity contribution is 0.102. The van der Waals surface area contributed by atoms with Gasteiger partial charge in [-0.05, 0) is 60.7 Å². The summed E-state index contributed by atoms with van der Waals surface area (Å²) in [6, 6.07) is 10.9. The molecule has 0 saturated carbocycles. The average Bonchev–Trinajstić information content (AvgIpc) is 2.89. The van der Waals surface area contributed by atoms with Gasteiger partial charge < -0.3 is 5.32 Å². The van der Waals surface area contributed by atoms with E-state index in [1.165, 1.54) is 17.5 Å². The lowest BCUT2D eigenvalue weighted by atomic mass is 10.1. The third-order valence-electron chi connectivity index (χ3n) is 3.54. The maximum absolute atomic E-state index is 12.2. The van der Waals surface area contributed by atoms with Crippen molar-refractivity contribution in [3.63, 3.8) is 0 Å². The highest BCUT2D eigenvalue weighted by Gasteiger charge is 2.14. The number of fused-ring (bicyclic) bond motifs is 1. The Labute approximate surface area is 127 Å². The number of hydrogen-bond donors (Lipinski definition) is 1. The number of benzene rings is 2. The largest absolute Gasteiger partial charge is 0.321 e. The summed E-state index contributed by atoms with van der Waals surface area (Å²) in [5, 5.41) is 3.80. The van der Waals surface area contributed by atoms with Gasteiger partial charge in [-0.2, -0.15) is 0 Å². The summed E-state index contributed by atoms with van der Waals surface area (Å²) in [4.78, 5) is 12.2. The third-order valence-corrected chi connectivity index (χ3v) is 4.09. The van der Waals surface area contributed by atoms with E-state index < -0.39 is 0 Å². The van der Waals surface area contributed by atoms with Crippen molar-refractivity contribution in [3.05, 3.63) is 63.1 Å². The second-order valence-corrected chi connectivity index (χ2v) is 5.76. The number of halogens is 2. The molecule has 0 aliphatic heterocycles. The van der Waals surface area contributed by atoms with Crippen LogP contribution in [0.2, 0.25) is 10.0 Å². The first-order valence-electron chi connectivity index (χ1n) is 6.52. The Morgan fingerprint density at radius 1 is 1.00 bits per heavy atom. The third kappa shape index (κ3) is 2.67. The van der Waals surface area contributed by atoms with Gasteiger partial charge in [-0.25, -0.2) is 0 Å². The predicted octanol–water partition coefficient (Wildman–Crippen LogP) is 4.73. The number of aryl methyl sites for hydroxylation is 2. The van der Waals surface area contributed by atoms with E-state index in [0.717, 1.165) is 12.8 Å². The van der Waals surface area contributed by atoms with E-state index in [-0.39, 0.29) is 5.91 Å². The molecule has 0 spiro atoms. The molecule has 0 unspecified atom stereocenters. The normalized spacial score (nSPS) is 13.1. The van der Waals surface area contributed by atoms with Gasteiger partial charge in [-0.3, -0.25) is 4.79 Å². The van der Waals surface area contributed by atoms with E-state index >= 15 is 0 Å². The SMILES string of the molecule is O=C(Nc1ccc(Cl)cc1Cl)c1ccc2c(c1)CCC2. The van der Waals surface area contributed by atoms with E-state index in [2.05, 4.69) is 5.32 Å². The van der Waals surface area contributed by atoms with Gasteiger partial charge >= 0.3 is 0 Å². The molecule has 0 saturated heterocycles. The highest BCUT2D eigenvalue weighted by atomic mass is 35.5. The Bertz CT molecular complexity index is 682. The monoisotopic (exact) mass is 305 g/mol. The molecular weight excluding hydrogens is 293 g/mol. The molecule has 1 aliphatic rings. The van der Waals surface area contributed by atoms with Gasteiger partial charge in [0.25, 0.3) is 5.91 Å². The number of anilines is 1. The molecule has 4 heteroatoms. The molecule has 0 bridgehead atoms. The fraction of sp³-hybridized carbons (Fsp3) is 0.188. The number of rotatable bonds is 2. The molecule has 0 aromatic heterocycles. The minimum atomic E-state index is -0.149. The highest BCUT2D eigenvalue weighted by molar-refractivity contribution is 6.36. The van der Waals surface area contributed by atoms with Crippen LogP contribution in [0.4, 0.5) is 5.69 Å². The van der Waals surface area contributed by atoms with Gasteiger partial charge in [0, 0.05) is 10.6 Å². The Hall–Kier alpha value is -1.51. The number of nitrogens with one attached hydrogen (secondary N) is 1. The zero-order valence-corrected chi connectivity index (χ0v) is 12.3. The van der Waals surface area contributed by atoms with E-state index in [0.29, 0.717) is 21.3 Å². The highest BCUT2D eigenvalue weighted by Crippen LogP contribution is 2.27. The van der Waals surface area contributed by atoms with Crippen LogP contribution in [0.1, 0.15) is 27.9 Å². The van der Waals surface area contributed by atoms with Crippen molar-refractivity contribution in [1.29, 1.82) is 0 Å². The van der Waals surface area contributed by atoms with Crippen LogP contribution in [0.5, 0.6) is 0 Å². The summed E-state index contributed by atoms with van der Waals surface area (Å²) in [5.74, 6) is -0.149. The van der Waals surface area contributed by atoms with Crippen molar-refractivity contribution in [2.75, 3.05) is 5.32 Å². The molecular formula is C16H13Cl2NO. The van der Waals surface area contributed by atoms with Gasteiger partial charge in [0.15, 0.2) is 0 Å². The first kappa shape index (κ1) is 13.5. The van der Waals surface area contributed by atoms with Crippen molar-refractivity contribution in [1.82, 2.24) is 0 Å². The lowest BCUT2D eigenvalue weighted by Gasteiger charge is -2.09. The van der Waals surface area contributed by atoms with Crippen molar-refractivity contribution >= 4 is 34.8 Å². The molecule has 1 aliphatic carbocycles. The van der Waals surface area contributed by atoms with Gasteiger partial charge in [0.2, 0.25) is 0 Å². The number of carbonyl (C=O) groups is 1. The smallest absolute Gasteiger partial charge is 0.255 e. The topological polar surface area (TPSA) is 29.1 Å². The van der Waals surface area contributed by atoms with E-state index in [1.807, 2.05) is 18.2 Å². The summed E-state index contributed by atoms with van der Waals surface area (Å²) in [6.45, 7) is 0. The Morgan fingerprint density at radius 2 is 1.80 bits per heavy atom. The van der Waals surface area contributed by atoms with Crippen molar-refractivity contribution < 1.29 is 4.79 Å². The van der Waals surface area contributed by atoms with Crippen LogP contribution in [-0.2, 0) is 12.8 Å². The van der Waals surface area contributed by atoms with Crippen LogP contribution in [-0.4, -0.2) is 5.91 Å². The molecule has 2 aromatic rings. The number of carbonyl (C=O) groups excluding carboxylic acids is 1. The average molecular weight is 306 g/mol. The minimum absolute atomic E-state index is 0.149. The maximum atomic E-state index is 12.2. The van der Waals surface area contributed by atoms with Crippen LogP contribution >= 0.6 is 23.2 Å². The van der Waals surface area contributed by atoms with Gasteiger partial charge in [0.1, 0.15) is 0 Å². The Kier molecular flexibility index (Phi) is 3.68. The van der Waals surface area contributed by atoms with Gasteiger partial charge in [0.05, 0.1) is 10.7 Å². The minimum Gasteiger partial charge on any atom is -0.321 e. The molecule has 2 aromatic carbocycles. The standard InChI is InChI=1S/C16H13Cl2NO/c17-13-6-7-15(14(18)9-13)19-16(20)12-5-4-10-2-1-3-11(10)8-12/h4-9H,1-3H2,(H,19,20). The lowest BCUT2D eigenvalue weighted by Crippen LogP contribution is -2.12. The number of hydrogen-bond acceptors (Lipinski definition) is 1. The molecule has 1 N–H and O–H groups in total. The summed E-state index contributed by atoms with van der Waals surface area (Å²) in [7, 11) is 0. The van der Waals surface area contributed by atoms with Gasteiger partial charge in [-0.15, -0.1) is 0 Å². The fourth-order valence-electron chi connectivity index (χ4n) is 2.50. The van der Waals surface area contributed by atoms with Crippen LogP contribution in [0.25, 0.3) is 0 Å². The zero-order valence-electron chi connectivity index (χ0n) is 10.7. The molecule has 20 heavy (non-hydrogen) atoms. The summed E-state index contributed by atoms with van der Waals surface area (Å²) < 4.78 is 0. The van der Waals surface area contributed by atoms with Crippen LogP contribution < -0.4 is 5.32 Å². The molecule has 3 rings (SSSR count). The van der Waals surface area contributed by atoms with Gasteiger partial charge in [-0.1, -0.05) is 29.3 Å². The van der Waals surface area contributed by atoms with Crippen LogP contribution in [0.3, 0.4) is 0 Å². The first-order chi connectivity index (χ1) is 9.63. The summed E-state index contributed by atoms with van der Waals surface area (Å²) >= 11 is 11.9. The zero-order chi connectivity index (χ0) is 14.1. The predicted molar refractivity (Wildman–Crippen MR) is 82.9 cm³/mol. The van der Waals surface area contributed by atoms with Crippen molar-refractivity contribution in [2.45, 2.75) is 19.3 Å².